The van der Waals surface area contributed by atoms with E-state index in [2.05, 4.69) is 0 Å². The van der Waals surface area contributed by atoms with Crippen molar-refractivity contribution in [2.75, 3.05) is 0 Å². The molecule has 0 aromatic heterocycles. The van der Waals surface area contributed by atoms with Crippen molar-refractivity contribution in [3.8, 4) is 0 Å². The van der Waals surface area contributed by atoms with Crippen molar-refractivity contribution in [2.45, 2.75) is 57.5 Å². The third kappa shape index (κ3) is 6.52. The van der Waals surface area contributed by atoms with Gasteiger partial charge in [0.2, 0.25) is 0 Å². The van der Waals surface area contributed by atoms with E-state index in [4.69, 9.17) is 5.11 Å². The maximum Gasteiger partial charge on any atom is 0.416 e. The first-order valence-electron chi connectivity index (χ1n) is 9.38. The van der Waals surface area contributed by atoms with E-state index >= 15 is 0 Å². The van der Waals surface area contributed by atoms with Gasteiger partial charge in [0.05, 0.1) is 5.56 Å². The van der Waals surface area contributed by atoms with Gasteiger partial charge in [-0.15, -0.1) is 0 Å². The number of carbonyl (C=O) groups is 2. The second kappa shape index (κ2) is 9.72. The quantitative estimate of drug-likeness (QED) is 0.554. The molecule has 2 unspecified atom stereocenters. The summed E-state index contributed by atoms with van der Waals surface area (Å²) in [6, 6.07) is 5.44. The number of benzene rings is 1. The fourth-order valence-electron chi connectivity index (χ4n) is 3.66. The van der Waals surface area contributed by atoms with Crippen molar-refractivity contribution in [2.24, 2.45) is 11.8 Å². The Labute approximate surface area is 157 Å². The normalized spacial score (nSPS) is 20.5. The molecule has 1 aliphatic rings. The predicted octanol–water partition coefficient (Wildman–Crippen LogP) is 5.74. The molecule has 0 heterocycles. The number of alkyl halides is 3. The first kappa shape index (κ1) is 21.2. The Bertz CT molecular complexity index is 679. The fraction of sp³-hybridized carbons (Fsp3) is 0.524. The first-order valence-corrected chi connectivity index (χ1v) is 9.38. The van der Waals surface area contributed by atoms with Gasteiger partial charge >= 0.3 is 12.1 Å². The lowest BCUT2D eigenvalue weighted by Gasteiger charge is -2.15. The largest absolute Gasteiger partial charge is 0.481 e. The topological polar surface area (TPSA) is 54.4 Å². The highest BCUT2D eigenvalue weighted by atomic mass is 19.4. The maximum absolute atomic E-state index is 13.1. The molecule has 1 aromatic carbocycles. The summed E-state index contributed by atoms with van der Waals surface area (Å²) in [6.07, 6.45) is 4.00. The van der Waals surface area contributed by atoms with Crippen molar-refractivity contribution in [1.29, 1.82) is 0 Å². The molecular weight excluding hydrogens is 357 g/mol. The number of carboxylic acid groups (broad SMARTS) is 1. The van der Waals surface area contributed by atoms with Gasteiger partial charge in [-0.2, -0.15) is 13.2 Å². The van der Waals surface area contributed by atoms with Crippen molar-refractivity contribution in [3.05, 3.63) is 41.5 Å². The number of carboxylic acids is 1. The average molecular weight is 382 g/mol. The number of halogens is 3. The molecule has 1 N–H and O–H groups in total. The summed E-state index contributed by atoms with van der Waals surface area (Å²) in [5.41, 5.74) is -0.544. The van der Waals surface area contributed by atoms with Gasteiger partial charge in [-0.05, 0) is 36.8 Å². The highest BCUT2D eigenvalue weighted by Gasteiger charge is 2.34. The van der Waals surface area contributed by atoms with E-state index < -0.39 is 17.7 Å². The lowest BCUT2D eigenvalue weighted by molar-refractivity contribution is -0.138. The van der Waals surface area contributed by atoms with Crippen LogP contribution in [-0.2, 0) is 15.8 Å². The van der Waals surface area contributed by atoms with Crippen molar-refractivity contribution < 1.29 is 27.9 Å². The summed E-state index contributed by atoms with van der Waals surface area (Å²) in [7, 11) is 0. The van der Waals surface area contributed by atoms with Gasteiger partial charge in [0.15, 0.2) is 0 Å². The molecule has 0 aliphatic heterocycles. The van der Waals surface area contributed by atoms with Crippen LogP contribution >= 0.6 is 0 Å². The SMILES string of the molecule is O=C(O)CCCCCCC1C(=O)CCC1C=Cc1ccccc1C(F)(F)F. The van der Waals surface area contributed by atoms with Gasteiger partial charge in [-0.3, -0.25) is 9.59 Å². The summed E-state index contributed by atoms with van der Waals surface area (Å²) in [4.78, 5) is 22.6. The van der Waals surface area contributed by atoms with Crippen LogP contribution in [0.25, 0.3) is 6.08 Å². The van der Waals surface area contributed by atoms with E-state index in [9.17, 15) is 22.8 Å². The molecule has 0 amide bonds. The summed E-state index contributed by atoms with van der Waals surface area (Å²) in [6.45, 7) is 0. The number of carbonyl (C=O) groups excluding carboxylic acids is 1. The molecule has 1 aliphatic carbocycles. The highest BCUT2D eigenvalue weighted by molar-refractivity contribution is 5.84. The lowest BCUT2D eigenvalue weighted by Crippen LogP contribution is -2.13. The molecule has 1 fully saturated rings. The molecular formula is C21H25F3O3. The van der Waals surface area contributed by atoms with Gasteiger partial charge in [0.25, 0.3) is 0 Å². The first-order chi connectivity index (χ1) is 12.8. The van der Waals surface area contributed by atoms with Crippen LogP contribution in [0.2, 0.25) is 0 Å². The van der Waals surface area contributed by atoms with Gasteiger partial charge in [-0.25, -0.2) is 0 Å². The monoisotopic (exact) mass is 382 g/mol. The smallest absolute Gasteiger partial charge is 0.416 e. The molecule has 0 saturated heterocycles. The van der Waals surface area contributed by atoms with Gasteiger partial charge < -0.3 is 5.11 Å². The van der Waals surface area contributed by atoms with Crippen LogP contribution in [0.1, 0.15) is 62.5 Å². The third-order valence-corrected chi connectivity index (χ3v) is 5.10. The second-order valence-electron chi connectivity index (χ2n) is 7.07. The minimum absolute atomic E-state index is 0.0298. The Balaban J connectivity index is 1.92. The van der Waals surface area contributed by atoms with Gasteiger partial charge in [0.1, 0.15) is 5.78 Å². The number of ketones is 1. The molecule has 2 rings (SSSR count). The Morgan fingerprint density at radius 1 is 1.15 bits per heavy atom. The van der Waals surface area contributed by atoms with Gasteiger partial charge in [0, 0.05) is 18.8 Å². The standard InChI is InChI=1S/C21H25F3O3/c22-21(23,24)18-9-6-5-7-16(18)12-11-15-13-14-19(25)17(15)8-3-1-2-4-10-20(26)27/h5-7,9,11-12,15,17H,1-4,8,10,13-14H2,(H,26,27). The van der Waals surface area contributed by atoms with Crippen LogP contribution in [0.5, 0.6) is 0 Å². The zero-order chi connectivity index (χ0) is 19.9. The molecule has 148 valence electrons. The number of Topliss-reactive ketones (excluding diaryl/α,β-unsaturated/α-hetero) is 1. The van der Waals surface area contributed by atoms with Crippen LogP contribution in [0, 0.1) is 11.8 Å². The molecule has 0 spiro atoms. The van der Waals surface area contributed by atoms with E-state index in [0.717, 1.165) is 25.3 Å². The highest BCUT2D eigenvalue weighted by Crippen LogP contribution is 2.36. The van der Waals surface area contributed by atoms with E-state index in [1.807, 2.05) is 0 Å². The number of hydrogen-bond donors (Lipinski definition) is 1. The van der Waals surface area contributed by atoms with Crippen LogP contribution < -0.4 is 0 Å². The molecule has 6 heteroatoms. The number of unbranched alkanes of at least 4 members (excludes halogenated alkanes) is 3. The molecule has 27 heavy (non-hydrogen) atoms. The van der Waals surface area contributed by atoms with Gasteiger partial charge in [-0.1, -0.05) is 49.6 Å². The number of rotatable bonds is 9. The average Bonchev–Trinajstić information content (AvgIpc) is 2.95. The lowest BCUT2D eigenvalue weighted by atomic mass is 9.89. The zero-order valence-electron chi connectivity index (χ0n) is 15.2. The molecule has 0 bridgehead atoms. The van der Waals surface area contributed by atoms with Crippen LogP contribution in [0.4, 0.5) is 13.2 Å². The maximum atomic E-state index is 13.1. The number of aliphatic carboxylic acids is 1. The Morgan fingerprint density at radius 2 is 1.85 bits per heavy atom. The van der Waals surface area contributed by atoms with Crippen LogP contribution in [0.15, 0.2) is 30.3 Å². The van der Waals surface area contributed by atoms with E-state index in [1.54, 1.807) is 12.1 Å². The number of allylic oxidation sites excluding steroid dienone is 1. The Hall–Kier alpha value is -2.11. The van der Waals surface area contributed by atoms with E-state index in [1.165, 1.54) is 18.2 Å². The zero-order valence-corrected chi connectivity index (χ0v) is 15.2. The summed E-state index contributed by atoms with van der Waals surface area (Å²) < 4.78 is 39.2. The van der Waals surface area contributed by atoms with E-state index in [-0.39, 0.29) is 29.6 Å². The summed E-state index contributed by atoms with van der Waals surface area (Å²) in [5, 5.41) is 8.61. The third-order valence-electron chi connectivity index (χ3n) is 5.10. The molecule has 0 radical (unpaired) electrons. The van der Waals surface area contributed by atoms with Crippen molar-refractivity contribution in [1.82, 2.24) is 0 Å². The van der Waals surface area contributed by atoms with Crippen molar-refractivity contribution >= 4 is 17.8 Å². The molecule has 3 nitrogen and oxygen atoms in total. The fourth-order valence-corrected chi connectivity index (χ4v) is 3.66. The minimum atomic E-state index is -4.40. The Morgan fingerprint density at radius 3 is 2.56 bits per heavy atom. The van der Waals surface area contributed by atoms with Crippen LogP contribution in [-0.4, -0.2) is 16.9 Å². The molecule has 1 saturated carbocycles. The predicted molar refractivity (Wildman–Crippen MR) is 97.0 cm³/mol. The van der Waals surface area contributed by atoms with Crippen molar-refractivity contribution in [3.63, 3.8) is 0 Å². The summed E-state index contributed by atoms with van der Waals surface area (Å²) >= 11 is 0. The molecule has 2 atom stereocenters. The second-order valence-corrected chi connectivity index (χ2v) is 7.07. The number of hydrogen-bond acceptors (Lipinski definition) is 2. The van der Waals surface area contributed by atoms with E-state index in [0.29, 0.717) is 25.7 Å². The van der Waals surface area contributed by atoms with Crippen LogP contribution in [0.3, 0.4) is 0 Å². The molecule has 1 aromatic rings. The Kier molecular flexibility index (Phi) is 7.63. The summed E-state index contributed by atoms with van der Waals surface area (Å²) in [5.74, 6) is -0.791. The minimum Gasteiger partial charge on any atom is -0.481 e.